The van der Waals surface area contributed by atoms with Crippen molar-refractivity contribution in [1.82, 2.24) is 0 Å². The van der Waals surface area contributed by atoms with Crippen molar-refractivity contribution >= 4 is 23.2 Å². The van der Waals surface area contributed by atoms with Crippen LogP contribution in [0, 0.1) is 6.92 Å². The van der Waals surface area contributed by atoms with Crippen molar-refractivity contribution in [3.8, 4) is 5.75 Å². The van der Waals surface area contributed by atoms with E-state index in [0.29, 0.717) is 6.42 Å². The van der Waals surface area contributed by atoms with Gasteiger partial charge in [-0.15, -0.1) is 0 Å². The third-order valence-corrected chi connectivity index (χ3v) is 3.99. The van der Waals surface area contributed by atoms with Gasteiger partial charge in [0.05, 0.1) is 17.7 Å². The van der Waals surface area contributed by atoms with Gasteiger partial charge in [-0.3, -0.25) is 4.79 Å². The van der Waals surface area contributed by atoms with E-state index in [9.17, 15) is 18.0 Å². The summed E-state index contributed by atoms with van der Waals surface area (Å²) in [5.74, 6) is 0.387. The highest BCUT2D eigenvalue weighted by atomic mass is 35.5. The number of halogens is 4. The summed E-state index contributed by atoms with van der Waals surface area (Å²) in [7, 11) is 1.58. The summed E-state index contributed by atoms with van der Waals surface area (Å²) in [5.41, 5.74) is 0.985. The fourth-order valence-corrected chi connectivity index (χ4v) is 2.62. The maximum absolute atomic E-state index is 12.8. The molecule has 0 bridgehead atoms. The lowest BCUT2D eigenvalue weighted by atomic mass is 10.1. The van der Waals surface area contributed by atoms with Gasteiger partial charge in [-0.2, -0.15) is 13.2 Å². The molecular weight excluding hydrogens is 355 g/mol. The molecule has 2 aromatic carbocycles. The molecule has 0 radical (unpaired) electrons. The van der Waals surface area contributed by atoms with Gasteiger partial charge in [0.1, 0.15) is 5.75 Å². The van der Waals surface area contributed by atoms with Crippen LogP contribution < -0.4 is 10.1 Å². The number of ether oxygens (including phenoxy) is 1. The first-order chi connectivity index (χ1) is 11.7. The summed E-state index contributed by atoms with van der Waals surface area (Å²) in [6.45, 7) is 1.90. The van der Waals surface area contributed by atoms with Gasteiger partial charge in [-0.1, -0.05) is 23.7 Å². The Hall–Kier alpha value is -2.21. The summed E-state index contributed by atoms with van der Waals surface area (Å²) in [5, 5.41) is 2.06. The summed E-state index contributed by atoms with van der Waals surface area (Å²) < 4.78 is 43.7. The van der Waals surface area contributed by atoms with Crippen LogP contribution in [0.15, 0.2) is 36.4 Å². The van der Waals surface area contributed by atoms with Crippen molar-refractivity contribution in [2.24, 2.45) is 0 Å². The van der Waals surface area contributed by atoms with Gasteiger partial charge in [0, 0.05) is 12.1 Å². The number of nitrogens with one attached hydrogen (secondary N) is 1. The average Bonchev–Trinajstić information content (AvgIpc) is 2.54. The molecule has 3 nitrogen and oxygen atoms in total. The molecule has 134 valence electrons. The molecule has 2 aromatic rings. The maximum Gasteiger partial charge on any atom is 0.417 e. The molecule has 2 rings (SSSR count). The first-order valence-electron chi connectivity index (χ1n) is 7.51. The van der Waals surface area contributed by atoms with Crippen molar-refractivity contribution < 1.29 is 22.7 Å². The molecule has 0 saturated heterocycles. The highest BCUT2D eigenvalue weighted by molar-refractivity contribution is 6.31. The van der Waals surface area contributed by atoms with Crippen molar-refractivity contribution in [3.05, 3.63) is 58.1 Å². The standard InChI is InChI=1S/C18H17ClF3NO2/c1-11-9-12(3-7-16(11)25-2)4-8-17(24)23-13-5-6-15(19)14(10-13)18(20,21)22/h3,5-7,9-10H,4,8H2,1-2H3,(H,23,24). The predicted molar refractivity (Wildman–Crippen MR) is 91.1 cm³/mol. The number of rotatable bonds is 5. The minimum atomic E-state index is -4.57. The second kappa shape index (κ2) is 7.78. The van der Waals surface area contributed by atoms with Gasteiger partial charge >= 0.3 is 6.18 Å². The van der Waals surface area contributed by atoms with Crippen LogP contribution in [0.1, 0.15) is 23.1 Å². The van der Waals surface area contributed by atoms with Crippen LogP contribution in [0.3, 0.4) is 0 Å². The third kappa shape index (κ3) is 5.13. The fraction of sp³-hybridized carbons (Fsp3) is 0.278. The molecule has 0 atom stereocenters. The maximum atomic E-state index is 12.8. The average molecular weight is 372 g/mol. The Kier molecular flexibility index (Phi) is 5.95. The Morgan fingerprint density at radius 3 is 2.52 bits per heavy atom. The van der Waals surface area contributed by atoms with E-state index in [1.54, 1.807) is 7.11 Å². The van der Waals surface area contributed by atoms with E-state index in [2.05, 4.69) is 5.32 Å². The lowest BCUT2D eigenvalue weighted by Crippen LogP contribution is -2.14. The predicted octanol–water partition coefficient (Wildman–Crippen LogP) is 5.25. The molecule has 0 spiro atoms. The van der Waals surface area contributed by atoms with E-state index in [0.717, 1.165) is 29.0 Å². The van der Waals surface area contributed by atoms with E-state index >= 15 is 0 Å². The zero-order valence-electron chi connectivity index (χ0n) is 13.7. The minimum absolute atomic E-state index is 0.0626. The molecular formula is C18H17ClF3NO2. The first kappa shape index (κ1) is 19.1. The second-order valence-corrected chi connectivity index (χ2v) is 5.95. The van der Waals surface area contributed by atoms with Crippen LogP contribution in [-0.2, 0) is 17.4 Å². The van der Waals surface area contributed by atoms with Crippen LogP contribution in [0.25, 0.3) is 0 Å². The largest absolute Gasteiger partial charge is 0.496 e. The van der Waals surface area contributed by atoms with Gasteiger partial charge in [0.25, 0.3) is 0 Å². The molecule has 0 aliphatic carbocycles. The molecule has 7 heteroatoms. The Morgan fingerprint density at radius 2 is 1.92 bits per heavy atom. The molecule has 0 aliphatic rings. The number of hydrogen-bond acceptors (Lipinski definition) is 2. The number of alkyl halides is 3. The van der Waals surface area contributed by atoms with Gasteiger partial charge in [0.15, 0.2) is 0 Å². The van der Waals surface area contributed by atoms with Gasteiger partial charge in [-0.25, -0.2) is 0 Å². The summed E-state index contributed by atoms with van der Waals surface area (Å²) in [4.78, 5) is 12.0. The highest BCUT2D eigenvalue weighted by Gasteiger charge is 2.33. The lowest BCUT2D eigenvalue weighted by molar-refractivity contribution is -0.137. The summed E-state index contributed by atoms with van der Waals surface area (Å²) in [6.07, 6.45) is -3.95. The van der Waals surface area contributed by atoms with Crippen LogP contribution in [0.2, 0.25) is 5.02 Å². The molecule has 0 aliphatic heterocycles. The molecule has 0 aromatic heterocycles. The second-order valence-electron chi connectivity index (χ2n) is 5.54. The molecule has 0 saturated carbocycles. The zero-order chi connectivity index (χ0) is 18.6. The monoisotopic (exact) mass is 371 g/mol. The number of amides is 1. The Balaban J connectivity index is 2.00. The van der Waals surface area contributed by atoms with E-state index in [4.69, 9.17) is 16.3 Å². The first-order valence-corrected chi connectivity index (χ1v) is 7.88. The molecule has 1 amide bonds. The van der Waals surface area contributed by atoms with Crippen LogP contribution in [0.5, 0.6) is 5.75 Å². The van der Waals surface area contributed by atoms with Gasteiger partial charge < -0.3 is 10.1 Å². The Bertz CT molecular complexity index is 775. The number of carbonyl (C=O) groups excluding carboxylic acids is 1. The fourth-order valence-electron chi connectivity index (χ4n) is 2.40. The van der Waals surface area contributed by atoms with E-state index in [1.807, 2.05) is 25.1 Å². The van der Waals surface area contributed by atoms with Crippen molar-refractivity contribution in [1.29, 1.82) is 0 Å². The van der Waals surface area contributed by atoms with E-state index in [1.165, 1.54) is 6.07 Å². The van der Waals surface area contributed by atoms with E-state index < -0.39 is 16.8 Å². The number of methoxy groups -OCH3 is 1. The normalized spacial score (nSPS) is 11.3. The van der Waals surface area contributed by atoms with Crippen molar-refractivity contribution in [2.75, 3.05) is 12.4 Å². The number of hydrogen-bond donors (Lipinski definition) is 1. The van der Waals surface area contributed by atoms with Crippen LogP contribution >= 0.6 is 11.6 Å². The van der Waals surface area contributed by atoms with Gasteiger partial charge in [-0.05, 0) is 48.7 Å². The van der Waals surface area contributed by atoms with Crippen molar-refractivity contribution in [2.45, 2.75) is 25.9 Å². The molecule has 0 heterocycles. The highest BCUT2D eigenvalue weighted by Crippen LogP contribution is 2.36. The van der Waals surface area contributed by atoms with Crippen LogP contribution in [-0.4, -0.2) is 13.0 Å². The molecule has 1 N–H and O–H groups in total. The van der Waals surface area contributed by atoms with Crippen molar-refractivity contribution in [3.63, 3.8) is 0 Å². The summed E-state index contributed by atoms with van der Waals surface area (Å²) in [6, 6.07) is 8.87. The van der Waals surface area contributed by atoms with E-state index in [-0.39, 0.29) is 18.0 Å². The smallest absolute Gasteiger partial charge is 0.417 e. The Morgan fingerprint density at radius 1 is 1.20 bits per heavy atom. The third-order valence-electron chi connectivity index (χ3n) is 3.66. The molecule has 0 fully saturated rings. The van der Waals surface area contributed by atoms with Gasteiger partial charge in [0.2, 0.25) is 5.91 Å². The minimum Gasteiger partial charge on any atom is -0.496 e. The lowest BCUT2D eigenvalue weighted by Gasteiger charge is -2.12. The summed E-state index contributed by atoms with van der Waals surface area (Å²) >= 11 is 5.56. The number of benzene rings is 2. The number of anilines is 1. The number of aryl methyl sites for hydroxylation is 2. The quantitative estimate of drug-likeness (QED) is 0.779. The SMILES string of the molecule is COc1ccc(CCC(=O)Nc2ccc(Cl)c(C(F)(F)F)c2)cc1C. The Labute approximate surface area is 148 Å². The van der Waals surface area contributed by atoms with Crippen LogP contribution in [0.4, 0.5) is 18.9 Å². The number of carbonyl (C=O) groups is 1. The molecule has 0 unspecified atom stereocenters. The zero-order valence-corrected chi connectivity index (χ0v) is 14.5. The topological polar surface area (TPSA) is 38.3 Å². The molecule has 25 heavy (non-hydrogen) atoms.